The van der Waals surface area contributed by atoms with Crippen molar-refractivity contribution in [3.63, 3.8) is 0 Å². The van der Waals surface area contributed by atoms with E-state index in [1.54, 1.807) is 17.0 Å². The van der Waals surface area contributed by atoms with E-state index < -0.39 is 10.0 Å². The lowest BCUT2D eigenvalue weighted by molar-refractivity contribution is 0.0746. The molecule has 2 aliphatic rings. The lowest BCUT2D eigenvalue weighted by Gasteiger charge is -2.37. The number of benzene rings is 2. The minimum atomic E-state index is -3.75. The summed E-state index contributed by atoms with van der Waals surface area (Å²) in [5.41, 5.74) is 2.58. The van der Waals surface area contributed by atoms with Gasteiger partial charge in [0.1, 0.15) is 10.6 Å². The molecular formula is C25H32ClN3O4S. The molecule has 7 nitrogen and oxygen atoms in total. The number of ether oxygens (including phenoxy) is 1. The topological polar surface area (TPSA) is 70.2 Å². The van der Waals surface area contributed by atoms with Gasteiger partial charge in [-0.2, -0.15) is 4.31 Å². The van der Waals surface area contributed by atoms with Gasteiger partial charge in [-0.25, -0.2) is 8.42 Å². The van der Waals surface area contributed by atoms with Crippen molar-refractivity contribution in [3.05, 3.63) is 52.5 Å². The van der Waals surface area contributed by atoms with Gasteiger partial charge < -0.3 is 14.5 Å². The fourth-order valence-electron chi connectivity index (χ4n) is 4.69. The molecule has 1 amide bonds. The Kier molecular flexibility index (Phi) is 7.70. The Labute approximate surface area is 207 Å². The van der Waals surface area contributed by atoms with Crippen LogP contribution in [0.1, 0.15) is 41.6 Å². The average Bonchev–Trinajstić information content (AvgIpc) is 3.15. The van der Waals surface area contributed by atoms with Gasteiger partial charge >= 0.3 is 0 Å². The SMILES string of the molecule is COc1ccc(C(=O)N2CCN(c3cc(Cl)ccc3C)CC2)cc1S(=O)(=O)N1CCCCCC1. The van der Waals surface area contributed by atoms with Gasteiger partial charge in [-0.3, -0.25) is 4.79 Å². The Bertz CT molecular complexity index is 1140. The summed E-state index contributed by atoms with van der Waals surface area (Å²) in [7, 11) is -2.30. The maximum Gasteiger partial charge on any atom is 0.254 e. The number of carbonyl (C=O) groups is 1. The first-order valence-corrected chi connectivity index (χ1v) is 13.6. The molecule has 0 unspecified atom stereocenters. The molecular weight excluding hydrogens is 474 g/mol. The normalized spacial score (nSPS) is 18.0. The molecule has 184 valence electrons. The lowest BCUT2D eigenvalue weighted by atomic mass is 10.1. The van der Waals surface area contributed by atoms with E-state index in [0.29, 0.717) is 49.9 Å². The third kappa shape index (κ3) is 5.19. The summed E-state index contributed by atoms with van der Waals surface area (Å²) in [4.78, 5) is 17.4. The minimum Gasteiger partial charge on any atom is -0.495 e. The number of anilines is 1. The zero-order valence-electron chi connectivity index (χ0n) is 19.8. The number of methoxy groups -OCH3 is 1. The lowest BCUT2D eigenvalue weighted by Crippen LogP contribution is -2.49. The highest BCUT2D eigenvalue weighted by Crippen LogP contribution is 2.30. The van der Waals surface area contributed by atoms with Crippen molar-refractivity contribution >= 4 is 33.2 Å². The smallest absolute Gasteiger partial charge is 0.254 e. The van der Waals surface area contributed by atoms with Crippen molar-refractivity contribution in [2.75, 3.05) is 51.3 Å². The van der Waals surface area contributed by atoms with E-state index in [1.165, 1.54) is 17.5 Å². The minimum absolute atomic E-state index is 0.0657. The van der Waals surface area contributed by atoms with E-state index >= 15 is 0 Å². The van der Waals surface area contributed by atoms with E-state index in [4.69, 9.17) is 16.3 Å². The van der Waals surface area contributed by atoms with Gasteiger partial charge in [0, 0.05) is 55.5 Å². The first-order valence-electron chi connectivity index (χ1n) is 11.8. The molecule has 0 saturated carbocycles. The molecule has 2 heterocycles. The summed E-state index contributed by atoms with van der Waals surface area (Å²) < 4.78 is 33.8. The Morgan fingerprint density at radius 1 is 0.912 bits per heavy atom. The summed E-state index contributed by atoms with van der Waals surface area (Å²) in [5, 5.41) is 0.690. The molecule has 2 aromatic carbocycles. The van der Waals surface area contributed by atoms with Crippen LogP contribution in [0.15, 0.2) is 41.3 Å². The monoisotopic (exact) mass is 505 g/mol. The van der Waals surface area contributed by atoms with Gasteiger partial charge in [0.2, 0.25) is 10.0 Å². The standard InChI is InChI=1S/C25H32ClN3O4S/c1-19-7-9-21(26)18-22(19)27-13-15-28(16-14-27)25(30)20-8-10-23(33-2)24(17-20)34(31,32)29-11-5-3-4-6-12-29/h7-10,17-18H,3-6,11-16H2,1-2H3. The first kappa shape index (κ1) is 24.8. The van der Waals surface area contributed by atoms with E-state index in [9.17, 15) is 13.2 Å². The molecule has 0 aliphatic carbocycles. The van der Waals surface area contributed by atoms with E-state index in [-0.39, 0.29) is 16.6 Å². The van der Waals surface area contributed by atoms with Crippen molar-refractivity contribution < 1.29 is 17.9 Å². The maximum atomic E-state index is 13.4. The fourth-order valence-corrected chi connectivity index (χ4v) is 6.55. The summed E-state index contributed by atoms with van der Waals surface area (Å²) in [5.74, 6) is 0.0967. The molecule has 2 aromatic rings. The second-order valence-corrected chi connectivity index (χ2v) is 11.2. The number of hydrogen-bond acceptors (Lipinski definition) is 5. The molecule has 2 aliphatic heterocycles. The van der Waals surface area contributed by atoms with Gasteiger partial charge in [-0.1, -0.05) is 30.5 Å². The Morgan fingerprint density at radius 2 is 1.59 bits per heavy atom. The van der Waals surface area contributed by atoms with Gasteiger partial charge in [-0.15, -0.1) is 0 Å². The highest BCUT2D eigenvalue weighted by molar-refractivity contribution is 7.89. The van der Waals surface area contributed by atoms with E-state index in [2.05, 4.69) is 4.90 Å². The van der Waals surface area contributed by atoms with Crippen LogP contribution in [-0.4, -0.2) is 69.9 Å². The number of sulfonamides is 1. The molecule has 0 atom stereocenters. The maximum absolute atomic E-state index is 13.4. The largest absolute Gasteiger partial charge is 0.495 e. The summed E-state index contributed by atoms with van der Waals surface area (Å²) >= 11 is 6.18. The van der Waals surface area contributed by atoms with Crippen molar-refractivity contribution in [2.45, 2.75) is 37.5 Å². The van der Waals surface area contributed by atoms with Crippen molar-refractivity contribution in [3.8, 4) is 5.75 Å². The average molecular weight is 506 g/mol. The highest BCUT2D eigenvalue weighted by atomic mass is 35.5. The van der Waals surface area contributed by atoms with Crippen molar-refractivity contribution in [1.82, 2.24) is 9.21 Å². The molecule has 2 saturated heterocycles. The van der Waals surface area contributed by atoms with E-state index in [0.717, 1.165) is 36.9 Å². The number of halogens is 1. The molecule has 9 heteroatoms. The van der Waals surface area contributed by atoms with Crippen LogP contribution in [0.25, 0.3) is 0 Å². The Hall–Kier alpha value is -2.29. The molecule has 4 rings (SSSR count). The van der Waals surface area contributed by atoms with Crippen LogP contribution in [0, 0.1) is 6.92 Å². The molecule has 2 fully saturated rings. The zero-order valence-corrected chi connectivity index (χ0v) is 21.4. The third-order valence-electron chi connectivity index (χ3n) is 6.67. The zero-order chi connectivity index (χ0) is 24.3. The predicted octanol–water partition coefficient (Wildman–Crippen LogP) is 4.18. The molecule has 0 radical (unpaired) electrons. The Balaban J connectivity index is 1.52. The van der Waals surface area contributed by atoms with Gasteiger partial charge in [-0.05, 0) is 55.7 Å². The summed E-state index contributed by atoms with van der Waals surface area (Å²) in [6, 6.07) is 10.5. The second kappa shape index (κ2) is 10.5. The van der Waals surface area contributed by atoms with Crippen LogP contribution in [-0.2, 0) is 10.0 Å². The molecule has 0 spiro atoms. The predicted molar refractivity (Wildman–Crippen MR) is 135 cm³/mol. The number of aryl methyl sites for hydroxylation is 1. The number of hydrogen-bond donors (Lipinski definition) is 0. The van der Waals surface area contributed by atoms with Gasteiger partial charge in [0.05, 0.1) is 7.11 Å². The van der Waals surface area contributed by atoms with Crippen LogP contribution in [0.3, 0.4) is 0 Å². The third-order valence-corrected chi connectivity index (χ3v) is 8.83. The molecule has 34 heavy (non-hydrogen) atoms. The molecule has 0 N–H and O–H groups in total. The van der Waals surface area contributed by atoms with Crippen LogP contribution >= 0.6 is 11.6 Å². The van der Waals surface area contributed by atoms with Crippen molar-refractivity contribution in [2.24, 2.45) is 0 Å². The van der Waals surface area contributed by atoms with Gasteiger partial charge in [0.25, 0.3) is 5.91 Å². The van der Waals surface area contributed by atoms with Crippen molar-refractivity contribution in [1.29, 1.82) is 0 Å². The number of rotatable bonds is 5. The first-order chi connectivity index (χ1) is 16.3. The van der Waals surface area contributed by atoms with Crippen LogP contribution < -0.4 is 9.64 Å². The number of carbonyl (C=O) groups excluding carboxylic acids is 1. The van der Waals surface area contributed by atoms with Crippen LogP contribution in [0.4, 0.5) is 5.69 Å². The number of nitrogens with zero attached hydrogens (tertiary/aromatic N) is 3. The molecule has 0 bridgehead atoms. The Morgan fingerprint density at radius 3 is 2.24 bits per heavy atom. The van der Waals surface area contributed by atoms with Gasteiger partial charge in [0.15, 0.2) is 0 Å². The molecule has 0 aromatic heterocycles. The highest BCUT2D eigenvalue weighted by Gasteiger charge is 2.30. The summed E-state index contributed by atoms with van der Waals surface area (Å²) in [6.45, 7) is 5.50. The van der Waals surface area contributed by atoms with Crippen LogP contribution in [0.2, 0.25) is 5.02 Å². The number of amides is 1. The second-order valence-electron chi connectivity index (χ2n) is 8.89. The van der Waals surface area contributed by atoms with E-state index in [1.807, 2.05) is 25.1 Å². The fraction of sp³-hybridized carbons (Fsp3) is 0.480. The number of piperazine rings is 1. The quantitative estimate of drug-likeness (QED) is 0.609. The summed E-state index contributed by atoms with van der Waals surface area (Å²) in [6.07, 6.45) is 3.75. The van der Waals surface area contributed by atoms with Crippen LogP contribution in [0.5, 0.6) is 5.75 Å².